The van der Waals surface area contributed by atoms with Gasteiger partial charge in [0.05, 0.1) is 11.7 Å². The SMILES string of the molecule is CN[C@@H](CC(C)C)C(=O)NCCCc1csc(N)n1. The molecule has 0 bridgehead atoms. The van der Waals surface area contributed by atoms with Gasteiger partial charge in [-0.2, -0.15) is 0 Å². The van der Waals surface area contributed by atoms with Crippen LogP contribution in [-0.4, -0.2) is 30.5 Å². The normalized spacial score (nSPS) is 12.6. The highest BCUT2D eigenvalue weighted by molar-refractivity contribution is 7.13. The summed E-state index contributed by atoms with van der Waals surface area (Å²) < 4.78 is 0. The van der Waals surface area contributed by atoms with Gasteiger partial charge in [0.1, 0.15) is 0 Å². The van der Waals surface area contributed by atoms with E-state index in [0.717, 1.165) is 25.0 Å². The Morgan fingerprint density at radius 2 is 2.26 bits per heavy atom. The number of aryl methyl sites for hydroxylation is 1. The van der Waals surface area contributed by atoms with Gasteiger partial charge in [-0.05, 0) is 32.2 Å². The number of rotatable bonds is 8. The number of carbonyl (C=O) groups excluding carboxylic acids is 1. The number of nitrogens with one attached hydrogen (secondary N) is 2. The average molecular weight is 284 g/mol. The molecule has 0 fully saturated rings. The van der Waals surface area contributed by atoms with E-state index in [1.54, 1.807) is 0 Å². The number of anilines is 1. The molecule has 0 spiro atoms. The topological polar surface area (TPSA) is 80.0 Å². The molecule has 1 amide bonds. The summed E-state index contributed by atoms with van der Waals surface area (Å²) in [7, 11) is 1.82. The first-order valence-corrected chi connectivity index (χ1v) is 7.55. The molecule has 0 radical (unpaired) electrons. The van der Waals surface area contributed by atoms with E-state index >= 15 is 0 Å². The number of amides is 1. The Labute approximate surface area is 119 Å². The lowest BCUT2D eigenvalue weighted by atomic mass is 10.0. The highest BCUT2D eigenvalue weighted by atomic mass is 32.1. The Morgan fingerprint density at radius 1 is 1.53 bits per heavy atom. The maximum absolute atomic E-state index is 11.9. The van der Waals surface area contributed by atoms with E-state index in [1.165, 1.54) is 11.3 Å². The van der Waals surface area contributed by atoms with Gasteiger partial charge in [0.25, 0.3) is 0 Å². The van der Waals surface area contributed by atoms with Crippen molar-refractivity contribution in [2.75, 3.05) is 19.3 Å². The Bertz CT molecular complexity index is 392. The molecule has 19 heavy (non-hydrogen) atoms. The van der Waals surface area contributed by atoms with Crippen molar-refractivity contribution in [3.05, 3.63) is 11.1 Å². The summed E-state index contributed by atoms with van der Waals surface area (Å²) in [4.78, 5) is 16.1. The Hall–Kier alpha value is -1.14. The molecular formula is C13H24N4OS. The zero-order valence-electron chi connectivity index (χ0n) is 11.9. The molecule has 4 N–H and O–H groups in total. The molecule has 0 aliphatic carbocycles. The number of hydrogen-bond acceptors (Lipinski definition) is 5. The van der Waals surface area contributed by atoms with Crippen LogP contribution in [0.3, 0.4) is 0 Å². The molecule has 0 aliphatic heterocycles. The lowest BCUT2D eigenvalue weighted by Crippen LogP contribution is -2.43. The Kier molecular flexibility index (Phi) is 6.80. The number of nitrogen functional groups attached to an aromatic ring is 1. The first kappa shape index (κ1) is 15.9. The standard InChI is InChI=1S/C13H24N4OS/c1-9(2)7-11(15-3)12(18)16-6-4-5-10-8-19-13(14)17-10/h8-9,11,15H,4-7H2,1-3H3,(H2,14,17)(H,16,18)/t11-/m0/s1. The van der Waals surface area contributed by atoms with E-state index in [1.807, 2.05) is 12.4 Å². The molecule has 0 aliphatic rings. The lowest BCUT2D eigenvalue weighted by molar-refractivity contribution is -0.123. The van der Waals surface area contributed by atoms with Crippen molar-refractivity contribution in [3.63, 3.8) is 0 Å². The molecule has 0 saturated carbocycles. The third kappa shape index (κ3) is 6.02. The van der Waals surface area contributed by atoms with Crippen LogP contribution >= 0.6 is 11.3 Å². The smallest absolute Gasteiger partial charge is 0.237 e. The molecule has 1 heterocycles. The van der Waals surface area contributed by atoms with Crippen LogP contribution in [0.25, 0.3) is 0 Å². The first-order valence-electron chi connectivity index (χ1n) is 6.67. The summed E-state index contributed by atoms with van der Waals surface area (Å²) in [6, 6.07) is -0.102. The molecule has 1 rings (SSSR count). The van der Waals surface area contributed by atoms with Gasteiger partial charge in [-0.1, -0.05) is 13.8 Å². The van der Waals surface area contributed by atoms with Gasteiger partial charge in [0, 0.05) is 11.9 Å². The molecule has 6 heteroatoms. The number of nitrogens with two attached hydrogens (primary N) is 1. The van der Waals surface area contributed by atoms with Crippen LogP contribution in [0.4, 0.5) is 5.13 Å². The van der Waals surface area contributed by atoms with Crippen LogP contribution in [0, 0.1) is 5.92 Å². The number of aromatic nitrogens is 1. The molecule has 1 aromatic heterocycles. The van der Waals surface area contributed by atoms with Crippen molar-refractivity contribution in [1.82, 2.24) is 15.6 Å². The van der Waals surface area contributed by atoms with Crippen molar-refractivity contribution in [2.45, 2.75) is 39.2 Å². The number of carbonyl (C=O) groups is 1. The first-order chi connectivity index (χ1) is 9.02. The van der Waals surface area contributed by atoms with Crippen LogP contribution in [0.5, 0.6) is 0 Å². The highest BCUT2D eigenvalue weighted by Crippen LogP contribution is 2.12. The molecule has 5 nitrogen and oxygen atoms in total. The summed E-state index contributed by atoms with van der Waals surface area (Å²) >= 11 is 1.45. The van der Waals surface area contributed by atoms with E-state index in [9.17, 15) is 4.79 Å². The molecule has 0 aromatic carbocycles. The minimum Gasteiger partial charge on any atom is -0.375 e. The second-order valence-electron chi connectivity index (χ2n) is 5.04. The quantitative estimate of drug-likeness (QED) is 0.631. The van der Waals surface area contributed by atoms with Crippen molar-refractivity contribution in [2.24, 2.45) is 5.92 Å². The van der Waals surface area contributed by atoms with E-state index in [0.29, 0.717) is 17.6 Å². The van der Waals surface area contributed by atoms with Gasteiger partial charge < -0.3 is 16.4 Å². The predicted molar refractivity (Wildman–Crippen MR) is 80.2 cm³/mol. The fourth-order valence-corrected chi connectivity index (χ4v) is 2.47. The summed E-state index contributed by atoms with van der Waals surface area (Å²) in [5.74, 6) is 0.579. The second kappa shape index (κ2) is 8.12. The summed E-state index contributed by atoms with van der Waals surface area (Å²) in [6.45, 7) is 4.90. The van der Waals surface area contributed by atoms with Crippen molar-refractivity contribution < 1.29 is 4.79 Å². The fraction of sp³-hybridized carbons (Fsp3) is 0.692. The van der Waals surface area contributed by atoms with Gasteiger partial charge in [-0.3, -0.25) is 4.79 Å². The van der Waals surface area contributed by atoms with E-state index in [-0.39, 0.29) is 11.9 Å². The maximum Gasteiger partial charge on any atom is 0.237 e. The predicted octanol–water partition coefficient (Wildman–Crippen LogP) is 1.41. The van der Waals surface area contributed by atoms with Crippen LogP contribution < -0.4 is 16.4 Å². The van der Waals surface area contributed by atoms with E-state index < -0.39 is 0 Å². The third-order valence-electron chi connectivity index (χ3n) is 2.85. The van der Waals surface area contributed by atoms with E-state index in [2.05, 4.69) is 29.5 Å². The molecule has 1 aromatic rings. The maximum atomic E-state index is 11.9. The molecule has 108 valence electrons. The number of likely N-dealkylation sites (N-methyl/N-ethyl adjacent to an activating group) is 1. The number of thiazole rings is 1. The van der Waals surface area contributed by atoms with Crippen molar-refractivity contribution in [1.29, 1.82) is 0 Å². The molecule has 1 atom stereocenters. The Morgan fingerprint density at radius 3 is 2.79 bits per heavy atom. The second-order valence-corrected chi connectivity index (χ2v) is 5.93. The van der Waals surface area contributed by atoms with Gasteiger partial charge in [0.15, 0.2) is 5.13 Å². The van der Waals surface area contributed by atoms with Crippen molar-refractivity contribution in [3.8, 4) is 0 Å². The van der Waals surface area contributed by atoms with E-state index in [4.69, 9.17) is 5.73 Å². The van der Waals surface area contributed by atoms with Crippen LogP contribution in [0.1, 0.15) is 32.4 Å². The zero-order valence-corrected chi connectivity index (χ0v) is 12.7. The summed E-state index contributed by atoms with van der Waals surface area (Å²) in [5, 5.41) is 8.58. The monoisotopic (exact) mass is 284 g/mol. The molecule has 0 unspecified atom stereocenters. The van der Waals surface area contributed by atoms with Gasteiger partial charge >= 0.3 is 0 Å². The third-order valence-corrected chi connectivity index (χ3v) is 3.57. The highest BCUT2D eigenvalue weighted by Gasteiger charge is 2.16. The van der Waals surface area contributed by atoms with Crippen LogP contribution in [0.15, 0.2) is 5.38 Å². The Balaban J connectivity index is 2.22. The largest absolute Gasteiger partial charge is 0.375 e. The van der Waals surface area contributed by atoms with Crippen LogP contribution in [0.2, 0.25) is 0 Å². The van der Waals surface area contributed by atoms with Gasteiger partial charge in [-0.15, -0.1) is 11.3 Å². The minimum absolute atomic E-state index is 0.0778. The summed E-state index contributed by atoms with van der Waals surface area (Å²) in [6.07, 6.45) is 2.58. The number of hydrogen-bond donors (Lipinski definition) is 3. The fourth-order valence-electron chi connectivity index (χ4n) is 1.87. The zero-order chi connectivity index (χ0) is 14.3. The lowest BCUT2D eigenvalue weighted by Gasteiger charge is -2.17. The molecule has 0 saturated heterocycles. The van der Waals surface area contributed by atoms with Gasteiger partial charge in [-0.25, -0.2) is 4.98 Å². The minimum atomic E-state index is -0.102. The number of nitrogens with zero attached hydrogens (tertiary/aromatic N) is 1. The average Bonchev–Trinajstić information content (AvgIpc) is 2.77. The van der Waals surface area contributed by atoms with Crippen molar-refractivity contribution >= 4 is 22.4 Å². The molecular weight excluding hydrogens is 260 g/mol. The summed E-state index contributed by atoms with van der Waals surface area (Å²) in [5.41, 5.74) is 6.57. The van der Waals surface area contributed by atoms with Gasteiger partial charge in [0.2, 0.25) is 5.91 Å². The van der Waals surface area contributed by atoms with Crippen LogP contribution in [-0.2, 0) is 11.2 Å².